The van der Waals surface area contributed by atoms with E-state index in [9.17, 15) is 18.0 Å². The van der Waals surface area contributed by atoms with E-state index < -0.39 is 17.3 Å². The van der Waals surface area contributed by atoms with Crippen molar-refractivity contribution in [1.82, 2.24) is 19.6 Å². The molecule has 3 heterocycles. The van der Waals surface area contributed by atoms with Crippen molar-refractivity contribution in [2.75, 3.05) is 5.32 Å². The molecular formula is C24H21ClF3N5O. The fourth-order valence-corrected chi connectivity index (χ4v) is 3.40. The fraction of sp³-hybridized carbons (Fsp3) is 0.250. The van der Waals surface area contributed by atoms with Crippen molar-refractivity contribution >= 4 is 28.8 Å². The average molecular weight is 488 g/mol. The molecule has 10 heteroatoms. The summed E-state index contributed by atoms with van der Waals surface area (Å²) in [5, 5.41) is 7.56. The van der Waals surface area contributed by atoms with Gasteiger partial charge in [-0.3, -0.25) is 9.78 Å². The van der Waals surface area contributed by atoms with Crippen LogP contribution in [0.1, 0.15) is 32.9 Å². The number of alkyl halides is 3. The van der Waals surface area contributed by atoms with Crippen LogP contribution in [0.5, 0.6) is 0 Å². The maximum absolute atomic E-state index is 13.4. The quantitative estimate of drug-likeness (QED) is 0.348. The highest BCUT2D eigenvalue weighted by Gasteiger charge is 2.35. The molecule has 4 aromatic rings. The number of fused-ring (bicyclic) bond motifs is 1. The Balaban J connectivity index is 1.71. The lowest BCUT2D eigenvalue weighted by molar-refractivity contribution is -0.140. The fourth-order valence-electron chi connectivity index (χ4n) is 3.24. The molecule has 0 spiro atoms. The lowest BCUT2D eigenvalue weighted by Gasteiger charge is -2.22. The van der Waals surface area contributed by atoms with Crippen molar-refractivity contribution in [3.63, 3.8) is 0 Å². The number of imidazole rings is 1. The molecule has 1 amide bonds. The number of carbonyl (C=O) groups excluding carboxylic acids is 1. The molecule has 0 unspecified atom stereocenters. The normalized spacial score (nSPS) is 12.2. The molecular weight excluding hydrogens is 467 g/mol. The number of rotatable bonds is 5. The molecule has 0 aliphatic heterocycles. The van der Waals surface area contributed by atoms with Crippen LogP contribution in [0.2, 0.25) is 5.02 Å². The van der Waals surface area contributed by atoms with Gasteiger partial charge in [-0.1, -0.05) is 38.4 Å². The van der Waals surface area contributed by atoms with Crippen LogP contribution in [0.25, 0.3) is 28.2 Å². The van der Waals surface area contributed by atoms with E-state index in [2.05, 4.69) is 20.4 Å². The monoisotopic (exact) mass is 487 g/mol. The maximum atomic E-state index is 13.4. The van der Waals surface area contributed by atoms with Crippen molar-refractivity contribution in [3.8, 4) is 22.5 Å². The Hall–Kier alpha value is -3.46. The molecule has 1 N–H and O–H groups in total. The van der Waals surface area contributed by atoms with Crippen LogP contribution in [-0.2, 0) is 11.0 Å². The minimum atomic E-state index is -4.61. The predicted octanol–water partition coefficient (Wildman–Crippen LogP) is 6.51. The number of anilines is 1. The molecule has 0 saturated carbocycles. The summed E-state index contributed by atoms with van der Waals surface area (Å²) < 4.78 is 41.5. The summed E-state index contributed by atoms with van der Waals surface area (Å²) in [7, 11) is 0. The van der Waals surface area contributed by atoms with Crippen molar-refractivity contribution in [2.24, 2.45) is 5.41 Å². The van der Waals surface area contributed by atoms with E-state index in [1.807, 2.05) is 20.8 Å². The Kier molecular flexibility index (Phi) is 6.07. The van der Waals surface area contributed by atoms with Crippen LogP contribution in [0, 0.1) is 5.41 Å². The molecule has 4 rings (SSSR count). The second kappa shape index (κ2) is 8.72. The van der Waals surface area contributed by atoms with E-state index in [-0.39, 0.29) is 17.2 Å². The van der Waals surface area contributed by atoms with E-state index >= 15 is 0 Å². The molecule has 1 aromatic carbocycles. The number of pyridine rings is 1. The SMILES string of the molecule is CCC(C)(C)C(=O)Nc1cc(-c2cn3nc(-c4cccnc4C(F)(F)F)ccc3n2)ccc1Cl. The van der Waals surface area contributed by atoms with Gasteiger partial charge < -0.3 is 5.32 Å². The molecule has 3 aromatic heterocycles. The number of benzene rings is 1. The van der Waals surface area contributed by atoms with Crippen LogP contribution < -0.4 is 5.32 Å². The molecule has 0 aliphatic rings. The Bertz CT molecular complexity index is 1380. The number of nitrogens with one attached hydrogen (secondary N) is 1. The highest BCUT2D eigenvalue weighted by atomic mass is 35.5. The summed E-state index contributed by atoms with van der Waals surface area (Å²) in [5.74, 6) is -0.160. The number of halogens is 4. The third kappa shape index (κ3) is 4.61. The third-order valence-electron chi connectivity index (χ3n) is 5.68. The Labute approximate surface area is 198 Å². The molecule has 0 radical (unpaired) electrons. The van der Waals surface area contributed by atoms with Gasteiger partial charge in [0, 0.05) is 22.7 Å². The number of aromatic nitrogens is 4. The van der Waals surface area contributed by atoms with Crippen molar-refractivity contribution in [3.05, 3.63) is 65.6 Å². The first-order chi connectivity index (χ1) is 16.0. The lowest BCUT2D eigenvalue weighted by atomic mass is 9.89. The summed E-state index contributed by atoms with van der Waals surface area (Å²) in [4.78, 5) is 20.6. The summed E-state index contributed by atoms with van der Waals surface area (Å²) in [6.45, 7) is 5.62. The molecule has 176 valence electrons. The van der Waals surface area contributed by atoms with E-state index in [4.69, 9.17) is 11.6 Å². The number of nitrogens with zero attached hydrogens (tertiary/aromatic N) is 4. The van der Waals surface area contributed by atoms with Gasteiger partial charge in [0.05, 0.1) is 28.3 Å². The van der Waals surface area contributed by atoms with Crippen LogP contribution >= 0.6 is 11.6 Å². The van der Waals surface area contributed by atoms with Crippen LogP contribution in [0.3, 0.4) is 0 Å². The largest absolute Gasteiger partial charge is 0.434 e. The van der Waals surface area contributed by atoms with Crippen LogP contribution in [0.4, 0.5) is 18.9 Å². The van der Waals surface area contributed by atoms with E-state index in [1.165, 1.54) is 22.7 Å². The molecule has 6 nitrogen and oxygen atoms in total. The lowest BCUT2D eigenvalue weighted by Crippen LogP contribution is -2.30. The second-order valence-corrected chi connectivity index (χ2v) is 8.84. The molecule has 0 fully saturated rings. The van der Waals surface area contributed by atoms with Gasteiger partial charge in [0.25, 0.3) is 0 Å². The van der Waals surface area contributed by atoms with Gasteiger partial charge in [0.1, 0.15) is 0 Å². The van der Waals surface area contributed by atoms with E-state index in [1.54, 1.807) is 30.5 Å². The summed E-state index contributed by atoms with van der Waals surface area (Å²) in [6, 6.07) is 10.9. The van der Waals surface area contributed by atoms with Gasteiger partial charge in [-0.05, 0) is 42.8 Å². The average Bonchev–Trinajstić information content (AvgIpc) is 3.23. The Morgan fingerprint density at radius 2 is 1.88 bits per heavy atom. The second-order valence-electron chi connectivity index (χ2n) is 8.43. The van der Waals surface area contributed by atoms with E-state index in [0.717, 1.165) is 6.20 Å². The van der Waals surface area contributed by atoms with Crippen molar-refractivity contribution in [2.45, 2.75) is 33.4 Å². The number of carbonyl (C=O) groups is 1. The summed E-state index contributed by atoms with van der Waals surface area (Å²) >= 11 is 6.29. The first kappa shape index (κ1) is 23.7. The number of hydrogen-bond donors (Lipinski definition) is 1. The van der Waals surface area contributed by atoms with Crippen molar-refractivity contribution in [1.29, 1.82) is 0 Å². The first-order valence-corrected chi connectivity index (χ1v) is 10.9. The zero-order valence-corrected chi connectivity index (χ0v) is 19.4. The smallest absolute Gasteiger partial charge is 0.324 e. The van der Waals surface area contributed by atoms with Gasteiger partial charge in [0.2, 0.25) is 5.91 Å². The predicted molar refractivity (Wildman–Crippen MR) is 124 cm³/mol. The zero-order chi connectivity index (χ0) is 24.7. The van der Waals surface area contributed by atoms with Crippen molar-refractivity contribution < 1.29 is 18.0 Å². The molecule has 0 atom stereocenters. The topological polar surface area (TPSA) is 72.2 Å². The molecule has 0 saturated heterocycles. The van der Waals surface area contributed by atoms with E-state index in [0.29, 0.717) is 34.0 Å². The first-order valence-electron chi connectivity index (χ1n) is 10.5. The minimum Gasteiger partial charge on any atom is -0.324 e. The zero-order valence-electron chi connectivity index (χ0n) is 18.6. The summed E-state index contributed by atoms with van der Waals surface area (Å²) in [5.41, 5.74) is 0.502. The highest BCUT2D eigenvalue weighted by molar-refractivity contribution is 6.33. The van der Waals surface area contributed by atoms with Crippen LogP contribution in [0.15, 0.2) is 54.9 Å². The Morgan fingerprint density at radius 3 is 2.59 bits per heavy atom. The highest BCUT2D eigenvalue weighted by Crippen LogP contribution is 2.35. The van der Waals surface area contributed by atoms with Gasteiger partial charge in [-0.2, -0.15) is 18.3 Å². The number of hydrogen-bond acceptors (Lipinski definition) is 4. The number of amides is 1. The van der Waals surface area contributed by atoms with Crippen LogP contribution in [-0.4, -0.2) is 25.5 Å². The Morgan fingerprint density at radius 1 is 1.12 bits per heavy atom. The maximum Gasteiger partial charge on any atom is 0.434 e. The van der Waals surface area contributed by atoms with Gasteiger partial charge in [-0.25, -0.2) is 9.50 Å². The van der Waals surface area contributed by atoms with Gasteiger partial charge in [0.15, 0.2) is 11.3 Å². The third-order valence-corrected chi connectivity index (χ3v) is 6.01. The molecule has 0 aliphatic carbocycles. The molecule has 0 bridgehead atoms. The molecule has 34 heavy (non-hydrogen) atoms. The summed E-state index contributed by atoms with van der Waals surface area (Å²) in [6.07, 6.45) is -1.25. The van der Waals surface area contributed by atoms with Gasteiger partial charge >= 0.3 is 6.18 Å². The van der Waals surface area contributed by atoms with Gasteiger partial charge in [-0.15, -0.1) is 0 Å². The standard InChI is InChI=1S/C24H21ClF3N5O/c1-4-23(2,3)22(34)31-18-12-14(7-8-16(18)25)19-13-33-20(30-19)10-9-17(32-33)15-6-5-11-29-21(15)24(26,27)28/h5-13H,4H2,1-3H3,(H,31,34). The minimum absolute atomic E-state index is 0.114.